The Hall–Kier alpha value is -4.00. The summed E-state index contributed by atoms with van der Waals surface area (Å²) >= 11 is 0. The summed E-state index contributed by atoms with van der Waals surface area (Å²) in [5.74, 6) is -0.990. The van der Waals surface area contributed by atoms with Crippen molar-refractivity contribution >= 4 is 17.6 Å². The SMILES string of the molecule is N#CCC1CN(c2nc(OC[C@@H]3C[C@@H](F)CN3C(=O)O)nc3c2CCN(c2cncc(F)c2C(F)(F)F)C3)CCN1. The number of hydrogen-bond donors (Lipinski definition) is 2. The summed E-state index contributed by atoms with van der Waals surface area (Å²) in [5.41, 5.74) is -0.798. The second-order valence-electron chi connectivity index (χ2n) is 10.1. The van der Waals surface area contributed by atoms with Gasteiger partial charge in [0, 0.05) is 44.2 Å². The van der Waals surface area contributed by atoms with E-state index in [1.807, 2.05) is 4.90 Å². The van der Waals surface area contributed by atoms with Crippen molar-refractivity contribution in [1.82, 2.24) is 25.2 Å². The van der Waals surface area contributed by atoms with Gasteiger partial charge in [-0.3, -0.25) is 9.88 Å². The van der Waals surface area contributed by atoms with E-state index in [0.717, 1.165) is 11.1 Å². The molecule has 220 valence electrons. The van der Waals surface area contributed by atoms with Gasteiger partial charge in [-0.1, -0.05) is 0 Å². The zero-order valence-electron chi connectivity index (χ0n) is 21.7. The van der Waals surface area contributed by atoms with Crippen LogP contribution in [0.4, 0.5) is 38.3 Å². The van der Waals surface area contributed by atoms with Crippen LogP contribution < -0.4 is 19.9 Å². The Morgan fingerprint density at radius 1 is 1.22 bits per heavy atom. The maximum atomic E-state index is 14.3. The molecule has 0 aliphatic carbocycles. The number of fused-ring (bicyclic) bond motifs is 1. The maximum absolute atomic E-state index is 14.3. The predicted molar refractivity (Wildman–Crippen MR) is 134 cm³/mol. The number of ether oxygens (including phenoxy) is 1. The van der Waals surface area contributed by atoms with E-state index in [0.29, 0.717) is 42.9 Å². The Kier molecular flexibility index (Phi) is 7.98. The van der Waals surface area contributed by atoms with Crippen LogP contribution in [0.2, 0.25) is 0 Å². The number of nitrogens with one attached hydrogen (secondary N) is 1. The van der Waals surface area contributed by atoms with Crippen LogP contribution in [-0.4, -0.2) is 88.6 Å². The summed E-state index contributed by atoms with van der Waals surface area (Å²) < 4.78 is 75.2. The van der Waals surface area contributed by atoms with Crippen molar-refractivity contribution < 1.29 is 36.6 Å². The van der Waals surface area contributed by atoms with Gasteiger partial charge in [-0.25, -0.2) is 13.6 Å². The Balaban J connectivity index is 1.47. The lowest BCUT2D eigenvalue weighted by Gasteiger charge is -2.37. The summed E-state index contributed by atoms with van der Waals surface area (Å²) in [7, 11) is 0. The van der Waals surface area contributed by atoms with Crippen LogP contribution in [-0.2, 0) is 19.1 Å². The highest BCUT2D eigenvalue weighted by atomic mass is 19.4. The molecular formula is C25H27F5N8O3. The molecule has 5 heterocycles. The summed E-state index contributed by atoms with van der Waals surface area (Å²) in [6.07, 6.45) is -5.65. The minimum absolute atomic E-state index is 0.0572. The molecule has 16 heteroatoms. The summed E-state index contributed by atoms with van der Waals surface area (Å²) in [6, 6.07) is 1.08. The largest absolute Gasteiger partial charge is 0.465 e. The van der Waals surface area contributed by atoms with Gasteiger partial charge in [0.1, 0.15) is 24.2 Å². The van der Waals surface area contributed by atoms with Gasteiger partial charge in [0.05, 0.1) is 55.4 Å². The van der Waals surface area contributed by atoms with Gasteiger partial charge < -0.3 is 25.0 Å². The second kappa shape index (κ2) is 11.5. The van der Waals surface area contributed by atoms with Crippen LogP contribution in [0.1, 0.15) is 29.7 Å². The van der Waals surface area contributed by atoms with Crippen molar-refractivity contribution in [3.05, 3.63) is 35.0 Å². The minimum Gasteiger partial charge on any atom is -0.465 e. The second-order valence-corrected chi connectivity index (χ2v) is 10.1. The first-order valence-electron chi connectivity index (χ1n) is 13.0. The molecule has 2 saturated heterocycles. The number of halogens is 5. The number of carboxylic acid groups (broad SMARTS) is 1. The maximum Gasteiger partial charge on any atom is 0.421 e. The molecule has 2 N–H and O–H groups in total. The van der Waals surface area contributed by atoms with Gasteiger partial charge in [-0.2, -0.15) is 28.4 Å². The lowest BCUT2D eigenvalue weighted by atomic mass is 10.0. The standard InChI is InChI=1S/C25H27F5N8O3/c26-14-7-16(38(10-14)24(39)40)13-41-23-34-19-12-36(20-9-32-8-18(27)21(20)25(28,29)30)5-2-17(19)22(35-23)37-6-4-33-15(11-37)1-3-31/h8-9,14-16,33H,1-2,4-7,10-13H2,(H,39,40)/t14-,15?,16+/m1/s1. The highest BCUT2D eigenvalue weighted by Gasteiger charge is 2.40. The first kappa shape index (κ1) is 28.5. The average Bonchev–Trinajstić information content (AvgIpc) is 3.31. The third-order valence-electron chi connectivity index (χ3n) is 7.43. The monoisotopic (exact) mass is 582 g/mol. The number of nitriles is 1. The number of amides is 1. The minimum atomic E-state index is -4.95. The lowest BCUT2D eigenvalue weighted by Crippen LogP contribution is -2.51. The molecule has 3 atom stereocenters. The summed E-state index contributed by atoms with van der Waals surface area (Å²) in [6.45, 7) is 1.01. The fourth-order valence-electron chi connectivity index (χ4n) is 5.55. The number of carbonyl (C=O) groups is 1. The van der Waals surface area contributed by atoms with Gasteiger partial charge in [0.15, 0.2) is 5.82 Å². The number of pyridine rings is 1. The van der Waals surface area contributed by atoms with Crippen LogP contribution in [0.3, 0.4) is 0 Å². The van der Waals surface area contributed by atoms with E-state index in [-0.39, 0.29) is 57.6 Å². The van der Waals surface area contributed by atoms with E-state index in [4.69, 9.17) is 10.00 Å². The molecule has 0 spiro atoms. The number of alkyl halides is 4. The molecule has 2 fully saturated rings. The van der Waals surface area contributed by atoms with E-state index in [1.54, 1.807) is 0 Å². The first-order valence-corrected chi connectivity index (χ1v) is 13.0. The zero-order valence-corrected chi connectivity index (χ0v) is 21.7. The van der Waals surface area contributed by atoms with Crippen molar-refractivity contribution in [2.45, 2.75) is 50.2 Å². The zero-order chi connectivity index (χ0) is 29.3. The molecule has 41 heavy (non-hydrogen) atoms. The van der Waals surface area contributed by atoms with Crippen LogP contribution in [0, 0.1) is 17.1 Å². The molecule has 3 aliphatic rings. The van der Waals surface area contributed by atoms with Gasteiger partial charge in [-0.15, -0.1) is 0 Å². The molecule has 5 rings (SSSR count). The summed E-state index contributed by atoms with van der Waals surface area (Å²) in [5, 5.41) is 21.8. The Morgan fingerprint density at radius 2 is 2.02 bits per heavy atom. The molecular weight excluding hydrogens is 555 g/mol. The lowest BCUT2D eigenvalue weighted by molar-refractivity contribution is -0.139. The predicted octanol–water partition coefficient (Wildman–Crippen LogP) is 2.75. The molecule has 2 aromatic rings. The van der Waals surface area contributed by atoms with Gasteiger partial charge in [0.2, 0.25) is 0 Å². The van der Waals surface area contributed by atoms with Crippen molar-refractivity contribution in [1.29, 1.82) is 5.26 Å². The van der Waals surface area contributed by atoms with E-state index in [1.165, 1.54) is 4.90 Å². The van der Waals surface area contributed by atoms with Gasteiger partial charge >= 0.3 is 18.3 Å². The molecule has 3 aliphatic heterocycles. The van der Waals surface area contributed by atoms with Gasteiger partial charge in [-0.05, 0) is 6.42 Å². The van der Waals surface area contributed by atoms with Crippen molar-refractivity contribution in [3.63, 3.8) is 0 Å². The Morgan fingerprint density at radius 3 is 2.76 bits per heavy atom. The molecule has 0 radical (unpaired) electrons. The topological polar surface area (TPSA) is 131 Å². The smallest absolute Gasteiger partial charge is 0.421 e. The Labute approximate surface area is 231 Å². The third kappa shape index (κ3) is 6.04. The molecule has 1 amide bonds. The van der Waals surface area contributed by atoms with Crippen molar-refractivity contribution in [3.8, 4) is 12.1 Å². The number of anilines is 2. The highest BCUT2D eigenvalue weighted by molar-refractivity contribution is 5.66. The molecule has 11 nitrogen and oxygen atoms in total. The van der Waals surface area contributed by atoms with E-state index >= 15 is 0 Å². The van der Waals surface area contributed by atoms with Crippen LogP contribution in [0.25, 0.3) is 0 Å². The number of hydrogen-bond acceptors (Lipinski definition) is 9. The van der Waals surface area contributed by atoms with E-state index in [2.05, 4.69) is 26.3 Å². The number of likely N-dealkylation sites (tertiary alicyclic amines) is 1. The Bertz CT molecular complexity index is 1340. The number of aromatic nitrogens is 3. The molecule has 2 aromatic heterocycles. The first-order chi connectivity index (χ1) is 19.5. The highest BCUT2D eigenvalue weighted by Crippen LogP contribution is 2.40. The number of rotatable bonds is 6. The van der Waals surface area contributed by atoms with E-state index < -0.39 is 41.6 Å². The van der Waals surface area contributed by atoms with Crippen LogP contribution in [0.5, 0.6) is 6.01 Å². The van der Waals surface area contributed by atoms with Crippen molar-refractivity contribution in [2.24, 2.45) is 0 Å². The third-order valence-corrected chi connectivity index (χ3v) is 7.43. The van der Waals surface area contributed by atoms with Gasteiger partial charge in [0.25, 0.3) is 0 Å². The normalized spacial score (nSPS) is 22.8. The molecule has 1 unspecified atom stereocenters. The number of piperazine rings is 1. The summed E-state index contributed by atoms with van der Waals surface area (Å²) in [4.78, 5) is 28.4. The van der Waals surface area contributed by atoms with Crippen LogP contribution in [0.15, 0.2) is 12.4 Å². The quantitative estimate of drug-likeness (QED) is 0.491. The van der Waals surface area contributed by atoms with Crippen molar-refractivity contribution in [2.75, 3.05) is 49.1 Å². The number of nitrogens with zero attached hydrogens (tertiary/aromatic N) is 7. The fraction of sp³-hybridized carbons (Fsp3) is 0.560. The fourth-order valence-corrected chi connectivity index (χ4v) is 5.55. The molecule has 0 bridgehead atoms. The van der Waals surface area contributed by atoms with Crippen LogP contribution >= 0.6 is 0 Å². The average molecular weight is 583 g/mol. The van der Waals surface area contributed by atoms with E-state index in [9.17, 15) is 31.9 Å². The molecule has 0 aromatic carbocycles. The molecule has 0 saturated carbocycles.